The molecule has 10 amide bonds. The van der Waals surface area contributed by atoms with Gasteiger partial charge < -0.3 is 53.6 Å². The van der Waals surface area contributed by atoms with E-state index in [4.69, 9.17) is 70.5 Å². The van der Waals surface area contributed by atoms with Crippen LogP contribution in [0.2, 0.25) is 0 Å². The summed E-state index contributed by atoms with van der Waals surface area (Å²) in [7, 11) is 0. The van der Waals surface area contributed by atoms with Crippen LogP contribution in [0.4, 0.5) is 30.6 Å². The minimum absolute atomic E-state index is 0.0246. The molecule has 36 nitrogen and oxygen atoms in total. The van der Waals surface area contributed by atoms with Crippen LogP contribution in [-0.2, 0) is 39.0 Å². The number of nitrogens with zero attached hydrogens (tertiary/aromatic N) is 16. The van der Waals surface area contributed by atoms with Crippen LogP contribution in [0.15, 0.2) is 224 Å². The standard InChI is InChI=1S/C45H48N10O5.C23H18ClN5O2.C22H29N5O3.C22H19N5O/c1-26(2)32-23-34(39(57)24-38(32)56)42(47)55(44(48)59)30-12-9-28(10-13-30)25-53-18-20-54(21-19-53)45(60)52-43(58)29-11-14-35-33(22-29)31(15-17-50-35)40(36-8-5-16-49-36)41(46)37-7-4-6-27(3)51-37;1-13-4-2-5-18(26-13)21-20(19-6-3-11-29(19)28-21)15-9-10-25-17-8-7-14(12-16(15)17)22(30)27-23(24)31;1-14(2)17-11-18(20(29)12-19(17)28)21(23)27(22(24)30)16-5-3-15(4-6-16)13-26-9-7-25-8-10-26;1-13-4-2-5-18(25-13)21-20(19-6-3-11-27(19)26-21)15-9-10-24-17-8-7-14(22(23)28)12-16(15)17/h4,6-7,9-15,17,22-24,26,47,56-57H,5,8,16,18-21,25,46H2,1-3H3,(H2,48,59)(H,52,58,60);2,4-5,7-10,12H,3,6,11H2,1H3,(H,27,30,31);3-6,11-12,14,23,25,28-29H,7-10,13H2,1-2H3,(H2,24,30);2,4-5,7-10,12H,3,6,11H2,1H3,(H2,23,28). The van der Waals surface area contributed by atoms with Gasteiger partial charge in [0.1, 0.15) is 46.1 Å². The highest BCUT2D eigenvalue weighted by molar-refractivity contribution is 6.64. The molecule has 760 valence electrons. The second-order valence-electron chi connectivity index (χ2n) is 37.7. The molecule has 8 aromatic heterocycles. The number of carbonyl (C=O) groups is 7. The Hall–Kier alpha value is -17.4. The Balaban J connectivity index is 0.000000144. The predicted molar refractivity (Wildman–Crippen MR) is 575 cm³/mol. The molecule has 2 fully saturated rings. The Labute approximate surface area is 863 Å². The highest BCUT2D eigenvalue weighted by Crippen LogP contribution is 2.45. The van der Waals surface area contributed by atoms with Crippen molar-refractivity contribution in [2.75, 3.05) is 68.7 Å². The van der Waals surface area contributed by atoms with Gasteiger partial charge in [-0.15, -0.1) is 0 Å². The molecule has 0 spiro atoms. The Morgan fingerprint density at radius 2 is 0.906 bits per heavy atom. The number of rotatable bonds is 20. The van der Waals surface area contributed by atoms with E-state index in [0.717, 1.165) is 218 Å². The molecular weight excluding hydrogens is 1910 g/mol. The second kappa shape index (κ2) is 45.1. The number of hydrogen-bond donors (Lipinski definition) is 13. The first-order valence-electron chi connectivity index (χ1n) is 49.1. The fourth-order valence-electron chi connectivity index (χ4n) is 19.4. The summed E-state index contributed by atoms with van der Waals surface area (Å²) in [6, 6.07) is 56.5. The summed E-state index contributed by atoms with van der Waals surface area (Å²) in [6.07, 6.45) is 10.9. The lowest BCUT2D eigenvalue weighted by atomic mass is 9.92. The monoisotopic (exact) mass is 2020 g/mol. The highest BCUT2D eigenvalue weighted by atomic mass is 35.5. The molecule has 5 aliphatic rings. The van der Waals surface area contributed by atoms with Crippen LogP contribution in [0.25, 0.3) is 89.0 Å². The summed E-state index contributed by atoms with van der Waals surface area (Å²) >= 11 is 5.32. The number of amides is 10. The largest absolute Gasteiger partial charge is 0.508 e. The van der Waals surface area contributed by atoms with Crippen molar-refractivity contribution in [3.63, 3.8) is 0 Å². The number of piperazine rings is 2. The summed E-state index contributed by atoms with van der Waals surface area (Å²) in [6.45, 7) is 23.0. The lowest BCUT2D eigenvalue weighted by Gasteiger charge is -2.34. The maximum atomic E-state index is 13.6. The zero-order valence-corrected chi connectivity index (χ0v) is 84.1. The van der Waals surface area contributed by atoms with E-state index >= 15 is 0 Å². The normalized spacial score (nSPS) is 14.0. The topological polar surface area (TPSA) is 530 Å². The van der Waals surface area contributed by atoms with E-state index in [9.17, 15) is 54.0 Å². The van der Waals surface area contributed by atoms with Crippen LogP contribution in [-0.4, -0.2) is 202 Å². The van der Waals surface area contributed by atoms with Gasteiger partial charge in [0.25, 0.3) is 11.8 Å². The van der Waals surface area contributed by atoms with E-state index < -0.39 is 41.2 Å². The Bertz CT molecular complexity index is 7840. The maximum absolute atomic E-state index is 13.6. The Kier molecular flexibility index (Phi) is 31.2. The lowest BCUT2D eigenvalue weighted by molar-refractivity contribution is 0.0929. The second-order valence-corrected chi connectivity index (χ2v) is 38.0. The van der Waals surface area contributed by atoms with E-state index in [1.165, 1.54) is 23.9 Å². The van der Waals surface area contributed by atoms with Crippen molar-refractivity contribution in [3.05, 3.63) is 309 Å². The molecule has 0 saturated carbocycles. The quantitative estimate of drug-likeness (QED) is 0.0146. The average Bonchev–Trinajstić information content (AvgIpc) is 1.59. The number of imide groups is 2. The number of halogens is 1. The number of nitrogens with one attached hydrogen (secondary N) is 5. The van der Waals surface area contributed by atoms with Crippen LogP contribution in [0, 0.1) is 31.6 Å². The molecule has 2 saturated heterocycles. The average molecular weight is 2020 g/mol. The molecule has 5 aliphatic heterocycles. The molecule has 0 atom stereocenters. The first-order valence-corrected chi connectivity index (χ1v) is 49.5. The predicted octanol–water partition coefficient (Wildman–Crippen LogP) is 16.7. The molecular formula is C112H114ClN25O11. The fraction of sp³-hybridized carbons (Fsp3) is 0.250. The summed E-state index contributed by atoms with van der Waals surface area (Å²) < 4.78 is 4.13. The molecule has 37 heteroatoms. The number of aromatic hydroxyl groups is 4. The van der Waals surface area contributed by atoms with Gasteiger partial charge in [-0.05, 0) is 267 Å². The van der Waals surface area contributed by atoms with Crippen LogP contribution in [0.5, 0.6) is 23.0 Å². The number of allylic oxidation sites excluding steroid dienone is 1. The summed E-state index contributed by atoms with van der Waals surface area (Å²) in [5, 5.41) is 77.6. The van der Waals surface area contributed by atoms with E-state index in [1.54, 1.807) is 90.2 Å². The molecule has 0 radical (unpaired) electrons. The summed E-state index contributed by atoms with van der Waals surface area (Å²) in [5.74, 6) is -3.03. The molecule has 7 aromatic carbocycles. The van der Waals surface area contributed by atoms with E-state index in [0.29, 0.717) is 101 Å². The van der Waals surface area contributed by atoms with E-state index in [2.05, 4.69) is 50.4 Å². The van der Waals surface area contributed by atoms with Gasteiger partial charge in [-0.3, -0.25) is 94.7 Å². The zero-order valence-electron chi connectivity index (χ0n) is 83.4. The number of pyridine rings is 6. The SMILES string of the molecule is CC(C)c1cc(C(=N)N(C(N)=O)c2ccc(CN3CCNCC3)cc2)c(O)cc1O.Cc1cccc(-c2nn3c(c2-c2ccnc4ccc(C(=O)NC(=O)Cl)cc24)CCC3)n1.Cc1cccc(-c2nn3c(c2-c2ccnc4ccc(C(N)=O)cc24)CCC3)n1.Cc1cccc(C(N)=C(C2=NCCC2)c2ccnc3ccc(C(=O)NC(=O)N4CCN(Cc5ccc(N(C(=N)c6cc(C(C)C)c(O)cc6O)C(N)=O)cc5)CC4)cc23)n1. The fourth-order valence-corrected chi connectivity index (χ4v) is 19.4. The lowest BCUT2D eigenvalue weighted by Crippen LogP contribution is -2.52. The molecule has 0 unspecified atom stereocenters. The van der Waals surface area contributed by atoms with Gasteiger partial charge in [0, 0.05) is 200 Å². The third kappa shape index (κ3) is 23.0. The van der Waals surface area contributed by atoms with Crippen LogP contribution in [0.3, 0.4) is 0 Å². The number of fused-ring (bicyclic) bond motifs is 5. The number of carbonyl (C=O) groups excluding carboxylic acids is 7. The first kappa shape index (κ1) is 103. The number of aromatic nitrogens is 10. The number of aryl methyl sites for hydroxylation is 5. The minimum Gasteiger partial charge on any atom is -0.508 e. The maximum Gasteiger partial charge on any atom is 0.325 e. The van der Waals surface area contributed by atoms with Crippen molar-refractivity contribution in [2.45, 2.75) is 125 Å². The Morgan fingerprint density at radius 3 is 1.36 bits per heavy atom. The number of benzene rings is 7. The van der Waals surface area contributed by atoms with Gasteiger partial charge in [0.05, 0.1) is 61.8 Å². The number of anilines is 2. The van der Waals surface area contributed by atoms with Crippen molar-refractivity contribution in [3.8, 4) is 68.0 Å². The minimum atomic E-state index is -0.918. The van der Waals surface area contributed by atoms with Crippen LogP contribution >= 0.6 is 11.6 Å². The molecule has 13 heterocycles. The number of hydrogen-bond acceptors (Lipinski definition) is 26. The first-order chi connectivity index (χ1) is 71.7. The summed E-state index contributed by atoms with van der Waals surface area (Å²) in [4.78, 5) is 127. The molecule has 149 heavy (non-hydrogen) atoms. The Morgan fingerprint density at radius 1 is 0.463 bits per heavy atom. The number of aliphatic imine (C=N–C) groups is 1. The van der Waals surface area contributed by atoms with Gasteiger partial charge in [-0.25, -0.2) is 24.2 Å². The van der Waals surface area contributed by atoms with Gasteiger partial charge in [0.2, 0.25) is 5.91 Å². The number of amidine groups is 2. The summed E-state index contributed by atoms with van der Waals surface area (Å²) in [5.41, 5.74) is 47.0. The molecule has 15 aromatic rings. The number of urea groups is 3. The molecule has 20 rings (SSSR count). The zero-order chi connectivity index (χ0) is 105. The van der Waals surface area contributed by atoms with Gasteiger partial charge >= 0.3 is 23.5 Å². The van der Waals surface area contributed by atoms with E-state index in [-0.39, 0.29) is 57.6 Å². The number of nitrogens with two attached hydrogens (primary N) is 4. The highest BCUT2D eigenvalue weighted by Gasteiger charge is 2.34. The number of phenolic OH excluding ortho intramolecular Hbond substituents is 4. The molecule has 0 aliphatic carbocycles. The van der Waals surface area contributed by atoms with Gasteiger partial charge in [0.15, 0.2) is 0 Å². The smallest absolute Gasteiger partial charge is 0.325 e. The number of phenols is 4. The van der Waals surface area contributed by atoms with Crippen molar-refractivity contribution < 1.29 is 54.0 Å². The molecule has 17 N–H and O–H groups in total. The van der Waals surface area contributed by atoms with Gasteiger partial charge in [-0.1, -0.05) is 70.2 Å². The van der Waals surface area contributed by atoms with Gasteiger partial charge in [-0.2, -0.15) is 10.2 Å². The third-order valence-corrected chi connectivity index (χ3v) is 26.9. The van der Waals surface area contributed by atoms with Crippen molar-refractivity contribution >= 4 is 126 Å². The third-order valence-electron chi connectivity index (χ3n) is 26.8. The van der Waals surface area contributed by atoms with Crippen LogP contribution in [0.1, 0.15) is 169 Å². The van der Waals surface area contributed by atoms with Crippen molar-refractivity contribution in [2.24, 2.45) is 27.9 Å². The van der Waals surface area contributed by atoms with Crippen molar-refractivity contribution in [1.29, 1.82) is 10.8 Å². The van der Waals surface area contributed by atoms with E-state index in [1.807, 2.05) is 162 Å². The molecule has 0 bridgehead atoms. The number of primary amides is 3. The van der Waals surface area contributed by atoms with Crippen LogP contribution < -0.4 is 48.7 Å². The van der Waals surface area contributed by atoms with Crippen molar-refractivity contribution in [1.82, 2.24) is 80.1 Å².